The molecule has 154 valence electrons. The monoisotopic (exact) mass is 416 g/mol. The van der Waals surface area contributed by atoms with Gasteiger partial charge in [-0.1, -0.05) is 17.7 Å². The maximum atomic E-state index is 12.9. The van der Waals surface area contributed by atoms with Crippen LogP contribution in [0.15, 0.2) is 36.4 Å². The number of benzene rings is 2. The van der Waals surface area contributed by atoms with E-state index in [-0.39, 0.29) is 17.9 Å². The highest BCUT2D eigenvalue weighted by atomic mass is 35.5. The number of halogens is 1. The van der Waals surface area contributed by atoms with Gasteiger partial charge in [0.1, 0.15) is 5.75 Å². The number of nitrogens with zero attached hydrogens (tertiary/aromatic N) is 1. The Kier molecular flexibility index (Phi) is 6.77. The zero-order chi connectivity index (χ0) is 21.0. The number of likely N-dealkylation sites (tertiary alicyclic amines) is 1. The Morgan fingerprint density at radius 2 is 1.83 bits per heavy atom. The molecule has 2 amide bonds. The molecule has 1 heterocycles. The number of ether oxygens (including phenoxy) is 2. The van der Waals surface area contributed by atoms with Crippen molar-refractivity contribution in [2.45, 2.75) is 25.9 Å². The van der Waals surface area contributed by atoms with Crippen molar-refractivity contribution in [2.24, 2.45) is 0 Å². The average molecular weight is 417 g/mol. The Morgan fingerprint density at radius 3 is 2.48 bits per heavy atom. The Morgan fingerprint density at radius 1 is 1.10 bits per heavy atom. The fourth-order valence-electron chi connectivity index (χ4n) is 3.41. The van der Waals surface area contributed by atoms with Crippen LogP contribution in [0.4, 0.5) is 5.69 Å². The van der Waals surface area contributed by atoms with E-state index in [4.69, 9.17) is 21.1 Å². The number of amides is 2. The largest absolute Gasteiger partial charge is 0.496 e. The van der Waals surface area contributed by atoms with Gasteiger partial charge in [0, 0.05) is 36.5 Å². The first-order chi connectivity index (χ1) is 13.9. The summed E-state index contributed by atoms with van der Waals surface area (Å²) in [4.78, 5) is 27.5. The maximum absolute atomic E-state index is 12.9. The molecule has 0 unspecified atom stereocenters. The number of nitrogens with one attached hydrogen (secondary N) is 1. The molecule has 1 N–H and O–H groups in total. The molecule has 0 radical (unpaired) electrons. The first-order valence-corrected chi connectivity index (χ1v) is 9.88. The minimum Gasteiger partial charge on any atom is -0.496 e. The Bertz CT molecular complexity index is 908. The summed E-state index contributed by atoms with van der Waals surface area (Å²) in [5.74, 6) is 0.0335. The molecule has 3 rings (SSSR count). The van der Waals surface area contributed by atoms with Crippen LogP contribution in [0.1, 0.15) is 39.1 Å². The molecule has 0 bridgehead atoms. The van der Waals surface area contributed by atoms with Crippen LogP contribution in [-0.4, -0.2) is 50.1 Å². The fraction of sp³-hybridized carbons (Fsp3) is 0.364. The summed E-state index contributed by atoms with van der Waals surface area (Å²) >= 11 is 6.03. The quantitative estimate of drug-likeness (QED) is 0.794. The van der Waals surface area contributed by atoms with Crippen LogP contribution >= 0.6 is 11.6 Å². The van der Waals surface area contributed by atoms with Crippen molar-refractivity contribution in [2.75, 3.05) is 32.6 Å². The number of methoxy groups -OCH3 is 2. The summed E-state index contributed by atoms with van der Waals surface area (Å²) in [6.45, 7) is 3.20. The third kappa shape index (κ3) is 4.89. The number of carbonyl (C=O) groups is 2. The minimum absolute atomic E-state index is 0.0459. The Balaban J connectivity index is 1.78. The Labute approximate surface area is 175 Å². The first kappa shape index (κ1) is 21.1. The first-order valence-electron chi connectivity index (χ1n) is 9.50. The second-order valence-corrected chi connectivity index (χ2v) is 7.49. The van der Waals surface area contributed by atoms with E-state index >= 15 is 0 Å². The topological polar surface area (TPSA) is 67.9 Å². The molecular weight excluding hydrogens is 392 g/mol. The van der Waals surface area contributed by atoms with E-state index < -0.39 is 0 Å². The standard InChI is InChI=1S/C22H25ClN2O4/c1-14-4-5-15(22(27)25-10-8-17(28-2)9-11-25)12-19(14)24-21(26)18-13-16(23)6-7-20(18)29-3/h4-7,12-13,17H,8-11H2,1-3H3,(H,24,26). The van der Waals surface area contributed by atoms with Crippen LogP contribution in [0.2, 0.25) is 5.02 Å². The second kappa shape index (κ2) is 9.29. The average Bonchev–Trinajstić information content (AvgIpc) is 2.74. The molecule has 0 saturated carbocycles. The van der Waals surface area contributed by atoms with E-state index in [2.05, 4.69) is 5.32 Å². The molecule has 1 fully saturated rings. The fourth-order valence-corrected chi connectivity index (χ4v) is 3.59. The van der Waals surface area contributed by atoms with Crippen molar-refractivity contribution in [3.63, 3.8) is 0 Å². The van der Waals surface area contributed by atoms with E-state index in [9.17, 15) is 9.59 Å². The summed E-state index contributed by atoms with van der Waals surface area (Å²) in [6, 6.07) is 10.2. The van der Waals surface area contributed by atoms with Crippen LogP contribution in [0.3, 0.4) is 0 Å². The van der Waals surface area contributed by atoms with Crippen molar-refractivity contribution in [1.29, 1.82) is 0 Å². The van der Waals surface area contributed by atoms with Crippen molar-refractivity contribution in [3.05, 3.63) is 58.1 Å². The normalized spacial score (nSPS) is 14.6. The molecule has 7 heteroatoms. The van der Waals surface area contributed by atoms with Crippen LogP contribution in [0.5, 0.6) is 5.75 Å². The third-order valence-corrected chi connectivity index (χ3v) is 5.44. The predicted octanol–water partition coefficient (Wildman–Crippen LogP) is 4.16. The number of aryl methyl sites for hydroxylation is 1. The summed E-state index contributed by atoms with van der Waals surface area (Å²) in [6.07, 6.45) is 1.86. The van der Waals surface area contributed by atoms with Gasteiger partial charge in [-0.2, -0.15) is 0 Å². The Hall–Kier alpha value is -2.57. The van der Waals surface area contributed by atoms with Crippen LogP contribution in [0, 0.1) is 6.92 Å². The molecular formula is C22H25ClN2O4. The van der Waals surface area contributed by atoms with Gasteiger partial charge in [-0.3, -0.25) is 9.59 Å². The molecule has 1 aliphatic heterocycles. The number of piperidine rings is 1. The van der Waals surface area contributed by atoms with Gasteiger partial charge in [-0.05, 0) is 55.7 Å². The number of hydrogen-bond donors (Lipinski definition) is 1. The van der Waals surface area contributed by atoms with E-state index in [0.717, 1.165) is 18.4 Å². The lowest BCUT2D eigenvalue weighted by Gasteiger charge is -2.31. The zero-order valence-corrected chi connectivity index (χ0v) is 17.6. The molecule has 2 aromatic rings. The third-order valence-electron chi connectivity index (χ3n) is 5.20. The number of anilines is 1. The van der Waals surface area contributed by atoms with Crippen molar-refractivity contribution in [1.82, 2.24) is 4.90 Å². The van der Waals surface area contributed by atoms with Crippen LogP contribution < -0.4 is 10.1 Å². The van der Waals surface area contributed by atoms with Crippen molar-refractivity contribution < 1.29 is 19.1 Å². The van der Waals surface area contributed by atoms with Crippen molar-refractivity contribution in [3.8, 4) is 5.75 Å². The van der Waals surface area contributed by atoms with E-state index in [1.807, 2.05) is 17.9 Å². The number of carbonyl (C=O) groups excluding carboxylic acids is 2. The lowest BCUT2D eigenvalue weighted by Crippen LogP contribution is -2.40. The molecule has 1 saturated heterocycles. The summed E-state index contributed by atoms with van der Waals surface area (Å²) in [7, 11) is 3.20. The second-order valence-electron chi connectivity index (χ2n) is 7.06. The molecule has 0 spiro atoms. The van der Waals surface area contributed by atoms with Crippen molar-refractivity contribution >= 4 is 29.1 Å². The van der Waals surface area contributed by atoms with Gasteiger partial charge in [0.15, 0.2) is 0 Å². The lowest BCUT2D eigenvalue weighted by atomic mass is 10.0. The van der Waals surface area contributed by atoms with Gasteiger partial charge in [-0.15, -0.1) is 0 Å². The lowest BCUT2D eigenvalue weighted by molar-refractivity contribution is 0.0350. The van der Waals surface area contributed by atoms with Gasteiger partial charge >= 0.3 is 0 Å². The van der Waals surface area contributed by atoms with E-state index in [1.54, 1.807) is 37.4 Å². The van der Waals surface area contributed by atoms with E-state index in [0.29, 0.717) is 40.7 Å². The highest BCUT2D eigenvalue weighted by Gasteiger charge is 2.24. The predicted molar refractivity (Wildman–Crippen MR) is 113 cm³/mol. The maximum Gasteiger partial charge on any atom is 0.259 e. The van der Waals surface area contributed by atoms with Crippen LogP contribution in [0.25, 0.3) is 0 Å². The summed E-state index contributed by atoms with van der Waals surface area (Å²) in [5, 5.41) is 3.32. The number of rotatable bonds is 5. The molecule has 0 atom stereocenters. The number of hydrogen-bond acceptors (Lipinski definition) is 4. The van der Waals surface area contributed by atoms with Crippen LogP contribution in [-0.2, 0) is 4.74 Å². The van der Waals surface area contributed by atoms with Gasteiger partial charge in [-0.25, -0.2) is 0 Å². The van der Waals surface area contributed by atoms with Gasteiger partial charge in [0.05, 0.1) is 18.8 Å². The minimum atomic E-state index is -0.349. The molecule has 6 nitrogen and oxygen atoms in total. The summed E-state index contributed by atoms with van der Waals surface area (Å²) < 4.78 is 10.6. The molecule has 2 aromatic carbocycles. The van der Waals surface area contributed by atoms with Gasteiger partial charge < -0.3 is 19.7 Å². The molecule has 0 aliphatic carbocycles. The smallest absolute Gasteiger partial charge is 0.259 e. The van der Waals surface area contributed by atoms with Gasteiger partial charge in [0.2, 0.25) is 0 Å². The SMILES string of the molecule is COc1ccc(Cl)cc1C(=O)Nc1cc(C(=O)N2CCC(OC)CC2)ccc1C. The molecule has 1 aliphatic rings. The van der Waals surface area contributed by atoms with Gasteiger partial charge in [0.25, 0.3) is 11.8 Å². The zero-order valence-electron chi connectivity index (χ0n) is 16.8. The molecule has 29 heavy (non-hydrogen) atoms. The highest BCUT2D eigenvalue weighted by Crippen LogP contribution is 2.26. The highest BCUT2D eigenvalue weighted by molar-refractivity contribution is 6.31. The molecule has 0 aromatic heterocycles. The van der Waals surface area contributed by atoms with E-state index in [1.165, 1.54) is 7.11 Å². The summed E-state index contributed by atoms with van der Waals surface area (Å²) in [5.41, 5.74) is 2.31.